The van der Waals surface area contributed by atoms with Crippen LogP contribution >= 0.6 is 0 Å². The lowest BCUT2D eigenvalue weighted by Crippen LogP contribution is -2.40. The van der Waals surface area contributed by atoms with Gasteiger partial charge in [-0.05, 0) is 12.1 Å². The van der Waals surface area contributed by atoms with Crippen LogP contribution in [0.2, 0.25) is 0 Å². The SMILES string of the molecule is O=C(O)[C@@H]1CC(O)CN1S(=O)(=O)c1ccc(F)c(F)c1F. The molecular weight excluding hydrogens is 315 g/mol. The number of aliphatic hydroxyl groups is 1. The third-order valence-electron chi connectivity index (χ3n) is 3.11. The number of hydrogen-bond donors (Lipinski definition) is 2. The summed E-state index contributed by atoms with van der Waals surface area (Å²) in [6.45, 7) is -0.572. The molecule has 0 aromatic heterocycles. The van der Waals surface area contributed by atoms with Crippen molar-refractivity contribution in [2.75, 3.05) is 6.54 Å². The predicted octanol–water partition coefficient (Wildman–Crippen LogP) is 0.312. The van der Waals surface area contributed by atoms with E-state index in [0.29, 0.717) is 16.4 Å². The largest absolute Gasteiger partial charge is 0.480 e. The fourth-order valence-corrected chi connectivity index (χ4v) is 3.80. The van der Waals surface area contributed by atoms with Crippen molar-refractivity contribution in [3.8, 4) is 0 Å². The van der Waals surface area contributed by atoms with Crippen LogP contribution in [0.15, 0.2) is 17.0 Å². The topological polar surface area (TPSA) is 94.9 Å². The number of benzene rings is 1. The van der Waals surface area contributed by atoms with E-state index in [0.717, 1.165) is 0 Å². The highest BCUT2D eigenvalue weighted by molar-refractivity contribution is 7.89. The molecule has 1 fully saturated rings. The zero-order chi connectivity index (χ0) is 15.9. The van der Waals surface area contributed by atoms with Crippen LogP contribution < -0.4 is 0 Å². The van der Waals surface area contributed by atoms with Crippen molar-refractivity contribution in [3.63, 3.8) is 0 Å². The maximum atomic E-state index is 13.6. The van der Waals surface area contributed by atoms with Crippen LogP contribution in [0.25, 0.3) is 0 Å². The molecule has 0 amide bonds. The van der Waals surface area contributed by atoms with E-state index < -0.39 is 57.0 Å². The van der Waals surface area contributed by atoms with Crippen LogP contribution in [0, 0.1) is 17.5 Å². The van der Waals surface area contributed by atoms with Gasteiger partial charge in [0.2, 0.25) is 10.0 Å². The Morgan fingerprint density at radius 1 is 1.24 bits per heavy atom. The van der Waals surface area contributed by atoms with Crippen molar-refractivity contribution in [2.45, 2.75) is 23.5 Å². The lowest BCUT2D eigenvalue weighted by atomic mass is 10.2. The average Bonchev–Trinajstić information content (AvgIpc) is 2.79. The first kappa shape index (κ1) is 15.7. The van der Waals surface area contributed by atoms with Crippen molar-refractivity contribution in [1.29, 1.82) is 0 Å². The van der Waals surface area contributed by atoms with E-state index in [1.165, 1.54) is 0 Å². The summed E-state index contributed by atoms with van der Waals surface area (Å²) in [7, 11) is -4.72. The molecule has 0 bridgehead atoms. The number of rotatable bonds is 3. The second-order valence-electron chi connectivity index (χ2n) is 4.49. The first-order valence-corrected chi connectivity index (χ1v) is 7.16. The summed E-state index contributed by atoms with van der Waals surface area (Å²) in [6, 6.07) is -0.669. The van der Waals surface area contributed by atoms with E-state index >= 15 is 0 Å². The van der Waals surface area contributed by atoms with E-state index in [2.05, 4.69) is 0 Å². The van der Waals surface area contributed by atoms with E-state index in [1.807, 2.05) is 0 Å². The third kappa shape index (κ3) is 2.61. The van der Waals surface area contributed by atoms with Crippen molar-refractivity contribution in [2.24, 2.45) is 0 Å². The zero-order valence-electron chi connectivity index (χ0n) is 10.3. The van der Waals surface area contributed by atoms with Crippen LogP contribution in [0.3, 0.4) is 0 Å². The van der Waals surface area contributed by atoms with Crippen molar-refractivity contribution in [3.05, 3.63) is 29.6 Å². The minimum absolute atomic E-state index is 0.357. The molecule has 0 spiro atoms. The molecule has 6 nitrogen and oxygen atoms in total. The fourth-order valence-electron chi connectivity index (χ4n) is 2.11. The normalized spacial score (nSPS) is 23.4. The molecular formula is C11H10F3NO5S. The van der Waals surface area contributed by atoms with Crippen molar-refractivity contribution in [1.82, 2.24) is 4.31 Å². The zero-order valence-corrected chi connectivity index (χ0v) is 11.1. The van der Waals surface area contributed by atoms with Crippen molar-refractivity contribution >= 4 is 16.0 Å². The molecule has 0 saturated carbocycles. The number of β-amino-alcohol motifs (C(OH)–C–C–N with tert-alkyl or cyclic N) is 1. The summed E-state index contributed by atoms with van der Waals surface area (Å²) in [6.07, 6.45) is -1.62. The molecule has 1 aromatic rings. The maximum Gasteiger partial charge on any atom is 0.322 e. The van der Waals surface area contributed by atoms with Gasteiger partial charge >= 0.3 is 5.97 Å². The Balaban J connectivity index is 2.52. The number of aliphatic carboxylic acids is 1. The fraction of sp³-hybridized carbons (Fsp3) is 0.364. The van der Waals surface area contributed by atoms with Crippen LogP contribution in [-0.4, -0.2) is 47.6 Å². The van der Waals surface area contributed by atoms with Gasteiger partial charge in [-0.1, -0.05) is 0 Å². The maximum absolute atomic E-state index is 13.6. The highest BCUT2D eigenvalue weighted by Crippen LogP contribution is 2.29. The molecule has 2 rings (SSSR count). The first-order chi connectivity index (χ1) is 9.66. The number of hydrogen-bond acceptors (Lipinski definition) is 4. The van der Waals surface area contributed by atoms with Gasteiger partial charge in [-0.3, -0.25) is 4.79 Å². The molecule has 1 saturated heterocycles. The highest BCUT2D eigenvalue weighted by Gasteiger charge is 2.44. The minimum atomic E-state index is -4.72. The van der Waals surface area contributed by atoms with Gasteiger partial charge in [0.1, 0.15) is 10.9 Å². The number of aliphatic hydroxyl groups excluding tert-OH is 1. The van der Waals surface area contributed by atoms with Gasteiger partial charge in [-0.25, -0.2) is 21.6 Å². The molecule has 1 heterocycles. The number of sulfonamides is 1. The Labute approximate surface area is 117 Å². The lowest BCUT2D eigenvalue weighted by Gasteiger charge is -2.21. The van der Waals surface area contributed by atoms with Crippen molar-refractivity contribution < 1.29 is 36.6 Å². The average molecular weight is 325 g/mol. The smallest absolute Gasteiger partial charge is 0.322 e. The monoisotopic (exact) mass is 325 g/mol. The summed E-state index contributed by atoms with van der Waals surface area (Å²) >= 11 is 0. The van der Waals surface area contributed by atoms with Crippen LogP contribution in [-0.2, 0) is 14.8 Å². The Hall–Kier alpha value is -1.65. The molecule has 116 valence electrons. The molecule has 2 N–H and O–H groups in total. The lowest BCUT2D eigenvalue weighted by molar-refractivity contribution is -0.140. The molecule has 1 aliphatic heterocycles. The van der Waals surface area contributed by atoms with E-state index in [9.17, 15) is 31.5 Å². The summed E-state index contributed by atoms with van der Waals surface area (Å²) in [5.74, 6) is -7.00. The molecule has 10 heteroatoms. The summed E-state index contributed by atoms with van der Waals surface area (Å²) in [5.41, 5.74) is 0. The van der Waals surface area contributed by atoms with Gasteiger partial charge in [0.25, 0.3) is 0 Å². The van der Waals surface area contributed by atoms with Crippen LogP contribution in [0.1, 0.15) is 6.42 Å². The van der Waals surface area contributed by atoms with Gasteiger partial charge in [0.05, 0.1) is 6.10 Å². The van der Waals surface area contributed by atoms with Gasteiger partial charge in [-0.2, -0.15) is 4.31 Å². The number of halogens is 3. The Kier molecular flexibility index (Phi) is 3.95. The van der Waals surface area contributed by atoms with Gasteiger partial charge < -0.3 is 10.2 Å². The second-order valence-corrected chi connectivity index (χ2v) is 6.35. The standard InChI is InChI=1S/C11H10F3NO5S/c12-6-1-2-8(10(14)9(6)13)21(19,20)15-4-5(16)3-7(15)11(17)18/h1-2,5,7,16H,3-4H2,(H,17,18)/t5?,7-/m0/s1. The van der Waals surface area contributed by atoms with Crippen LogP contribution in [0.5, 0.6) is 0 Å². The Morgan fingerprint density at radius 3 is 2.43 bits per heavy atom. The van der Waals surface area contributed by atoms with E-state index in [-0.39, 0.29) is 6.42 Å². The number of nitrogens with zero attached hydrogens (tertiary/aromatic N) is 1. The quantitative estimate of drug-likeness (QED) is 0.780. The summed E-state index contributed by atoms with van der Waals surface area (Å²) < 4.78 is 64.3. The Morgan fingerprint density at radius 2 is 1.86 bits per heavy atom. The highest BCUT2D eigenvalue weighted by atomic mass is 32.2. The minimum Gasteiger partial charge on any atom is -0.480 e. The van der Waals surface area contributed by atoms with Gasteiger partial charge in [0, 0.05) is 13.0 Å². The predicted molar refractivity (Wildman–Crippen MR) is 62.3 cm³/mol. The molecule has 0 aliphatic carbocycles. The number of carboxylic acid groups (broad SMARTS) is 1. The van der Waals surface area contributed by atoms with Crippen LogP contribution in [0.4, 0.5) is 13.2 Å². The molecule has 1 aromatic carbocycles. The van der Waals surface area contributed by atoms with E-state index in [4.69, 9.17) is 5.11 Å². The third-order valence-corrected chi connectivity index (χ3v) is 5.00. The molecule has 0 radical (unpaired) electrons. The van der Waals surface area contributed by atoms with Gasteiger partial charge in [-0.15, -0.1) is 0 Å². The van der Waals surface area contributed by atoms with Gasteiger partial charge in [0.15, 0.2) is 17.5 Å². The first-order valence-electron chi connectivity index (χ1n) is 5.72. The number of carboxylic acids is 1. The molecule has 1 unspecified atom stereocenters. The Bertz CT molecular complexity index is 693. The summed E-state index contributed by atoms with van der Waals surface area (Å²) in [5, 5.41) is 18.3. The second kappa shape index (κ2) is 5.28. The summed E-state index contributed by atoms with van der Waals surface area (Å²) in [4.78, 5) is 9.82. The molecule has 1 aliphatic rings. The molecule has 2 atom stereocenters. The molecule has 21 heavy (non-hydrogen) atoms. The number of carbonyl (C=O) groups is 1. The van der Waals surface area contributed by atoms with E-state index in [1.54, 1.807) is 0 Å².